The van der Waals surface area contributed by atoms with Gasteiger partial charge in [0, 0.05) is 25.7 Å². The summed E-state index contributed by atoms with van der Waals surface area (Å²) < 4.78 is 0. The first kappa shape index (κ1) is 16.1. The summed E-state index contributed by atoms with van der Waals surface area (Å²) in [6, 6.07) is 0.126. The highest BCUT2D eigenvalue weighted by Crippen LogP contribution is 2.38. The number of carbonyl (C=O) groups excluding carboxylic acids is 1. The van der Waals surface area contributed by atoms with Crippen molar-refractivity contribution >= 4 is 12.0 Å². The van der Waals surface area contributed by atoms with Gasteiger partial charge < -0.3 is 14.9 Å². The third-order valence-corrected chi connectivity index (χ3v) is 5.68. The van der Waals surface area contributed by atoms with Gasteiger partial charge in [-0.2, -0.15) is 0 Å². The molecule has 2 fully saturated rings. The Morgan fingerprint density at radius 3 is 2.38 bits per heavy atom. The lowest BCUT2D eigenvalue weighted by Crippen LogP contribution is -2.51. The normalized spacial score (nSPS) is 28.7. The van der Waals surface area contributed by atoms with Crippen LogP contribution in [0.5, 0.6) is 0 Å². The molecule has 5 heteroatoms. The fourth-order valence-corrected chi connectivity index (χ4v) is 3.79. The van der Waals surface area contributed by atoms with Crippen LogP contribution in [0.4, 0.5) is 4.79 Å². The molecule has 0 radical (unpaired) electrons. The molecule has 5 nitrogen and oxygen atoms in total. The van der Waals surface area contributed by atoms with Crippen LogP contribution >= 0.6 is 0 Å². The highest BCUT2D eigenvalue weighted by Gasteiger charge is 2.40. The Bertz CT molecular complexity index is 406. The molecule has 2 unspecified atom stereocenters. The third kappa shape index (κ3) is 3.16. The Morgan fingerprint density at radius 1 is 1.24 bits per heavy atom. The van der Waals surface area contributed by atoms with Crippen molar-refractivity contribution in [2.45, 2.75) is 58.9 Å². The maximum Gasteiger partial charge on any atom is 0.320 e. The molecule has 2 saturated heterocycles. The number of amides is 2. The van der Waals surface area contributed by atoms with Crippen molar-refractivity contribution in [3.63, 3.8) is 0 Å². The number of carboxylic acid groups (broad SMARTS) is 1. The van der Waals surface area contributed by atoms with Crippen LogP contribution in [0.25, 0.3) is 0 Å². The zero-order valence-corrected chi connectivity index (χ0v) is 13.5. The van der Waals surface area contributed by atoms with E-state index in [2.05, 4.69) is 13.8 Å². The topological polar surface area (TPSA) is 60.9 Å². The van der Waals surface area contributed by atoms with Crippen LogP contribution < -0.4 is 0 Å². The van der Waals surface area contributed by atoms with Gasteiger partial charge in [-0.1, -0.05) is 13.8 Å². The van der Waals surface area contributed by atoms with Gasteiger partial charge in [0.1, 0.15) is 0 Å². The monoisotopic (exact) mass is 296 g/mol. The quantitative estimate of drug-likeness (QED) is 0.871. The van der Waals surface area contributed by atoms with Gasteiger partial charge in [-0.25, -0.2) is 4.79 Å². The Balaban J connectivity index is 1.97. The average molecular weight is 296 g/mol. The molecular weight excluding hydrogens is 268 g/mol. The van der Waals surface area contributed by atoms with E-state index in [4.69, 9.17) is 5.11 Å². The fraction of sp³-hybridized carbons (Fsp3) is 0.875. The minimum absolute atomic E-state index is 0.0191. The van der Waals surface area contributed by atoms with Crippen molar-refractivity contribution in [2.75, 3.05) is 19.6 Å². The summed E-state index contributed by atoms with van der Waals surface area (Å²) in [7, 11) is 0. The standard InChI is InChI=1S/C16H28N2O3/c1-4-16(5-2)7-9-17(11-16)15(21)18-8-6-13(14(19)20)10-12(18)3/h12-13H,4-11H2,1-3H3,(H,19,20). The minimum Gasteiger partial charge on any atom is -0.481 e. The summed E-state index contributed by atoms with van der Waals surface area (Å²) in [6.07, 6.45) is 4.47. The number of rotatable bonds is 3. The molecule has 2 heterocycles. The Morgan fingerprint density at radius 2 is 1.90 bits per heavy atom. The van der Waals surface area contributed by atoms with Crippen LogP contribution in [0, 0.1) is 11.3 Å². The molecule has 2 amide bonds. The largest absolute Gasteiger partial charge is 0.481 e. The molecule has 0 saturated carbocycles. The summed E-state index contributed by atoms with van der Waals surface area (Å²) in [6.45, 7) is 8.64. The van der Waals surface area contributed by atoms with E-state index < -0.39 is 5.97 Å². The molecule has 0 spiro atoms. The number of hydrogen-bond acceptors (Lipinski definition) is 2. The van der Waals surface area contributed by atoms with Gasteiger partial charge in [-0.3, -0.25) is 4.79 Å². The van der Waals surface area contributed by atoms with Crippen molar-refractivity contribution in [3.05, 3.63) is 0 Å². The minimum atomic E-state index is -0.730. The Kier molecular flexibility index (Phi) is 4.79. The predicted molar refractivity (Wildman–Crippen MR) is 81.1 cm³/mol. The molecular formula is C16H28N2O3. The lowest BCUT2D eigenvalue weighted by molar-refractivity contribution is -0.143. The average Bonchev–Trinajstić information content (AvgIpc) is 2.91. The van der Waals surface area contributed by atoms with Crippen molar-refractivity contribution in [2.24, 2.45) is 11.3 Å². The highest BCUT2D eigenvalue weighted by atomic mass is 16.4. The number of carboxylic acids is 1. The van der Waals surface area contributed by atoms with Crippen molar-refractivity contribution in [1.82, 2.24) is 9.80 Å². The molecule has 21 heavy (non-hydrogen) atoms. The second kappa shape index (κ2) is 6.24. The van der Waals surface area contributed by atoms with Crippen LogP contribution in [-0.4, -0.2) is 52.6 Å². The van der Waals surface area contributed by atoms with Gasteiger partial charge in [-0.15, -0.1) is 0 Å². The van der Waals surface area contributed by atoms with E-state index in [-0.39, 0.29) is 23.4 Å². The molecule has 2 aliphatic rings. The van der Waals surface area contributed by atoms with E-state index in [0.717, 1.165) is 32.4 Å². The zero-order chi connectivity index (χ0) is 15.6. The van der Waals surface area contributed by atoms with Crippen LogP contribution in [0.1, 0.15) is 52.9 Å². The van der Waals surface area contributed by atoms with Gasteiger partial charge in [0.2, 0.25) is 0 Å². The fourth-order valence-electron chi connectivity index (χ4n) is 3.79. The summed E-state index contributed by atoms with van der Waals surface area (Å²) >= 11 is 0. The second-order valence-corrected chi connectivity index (χ2v) is 6.76. The summed E-state index contributed by atoms with van der Waals surface area (Å²) in [5, 5.41) is 9.11. The molecule has 2 atom stereocenters. The first-order valence-corrected chi connectivity index (χ1v) is 8.21. The number of urea groups is 1. The van der Waals surface area contributed by atoms with Gasteiger partial charge in [-0.05, 0) is 44.4 Å². The molecule has 0 bridgehead atoms. The lowest BCUT2D eigenvalue weighted by Gasteiger charge is -2.39. The summed E-state index contributed by atoms with van der Waals surface area (Å²) in [4.78, 5) is 27.6. The summed E-state index contributed by atoms with van der Waals surface area (Å²) in [5.41, 5.74) is 0.290. The van der Waals surface area contributed by atoms with Gasteiger partial charge >= 0.3 is 12.0 Å². The van der Waals surface area contributed by atoms with Crippen molar-refractivity contribution in [1.29, 1.82) is 0 Å². The van der Waals surface area contributed by atoms with E-state index in [0.29, 0.717) is 19.4 Å². The van der Waals surface area contributed by atoms with Crippen molar-refractivity contribution < 1.29 is 14.7 Å². The van der Waals surface area contributed by atoms with E-state index >= 15 is 0 Å². The van der Waals surface area contributed by atoms with Crippen LogP contribution in [0.3, 0.4) is 0 Å². The Hall–Kier alpha value is -1.26. The highest BCUT2D eigenvalue weighted by molar-refractivity contribution is 5.76. The number of aliphatic carboxylic acids is 1. The van der Waals surface area contributed by atoms with E-state index in [1.54, 1.807) is 0 Å². The number of nitrogens with zero attached hydrogens (tertiary/aromatic N) is 2. The van der Waals surface area contributed by atoms with Crippen LogP contribution in [0.2, 0.25) is 0 Å². The Labute approximate surface area is 127 Å². The smallest absolute Gasteiger partial charge is 0.320 e. The molecule has 1 N–H and O–H groups in total. The van der Waals surface area contributed by atoms with Crippen LogP contribution in [-0.2, 0) is 4.79 Å². The van der Waals surface area contributed by atoms with E-state index in [1.165, 1.54) is 0 Å². The number of piperidine rings is 1. The van der Waals surface area contributed by atoms with Gasteiger partial charge in [0.15, 0.2) is 0 Å². The third-order valence-electron chi connectivity index (χ3n) is 5.68. The number of likely N-dealkylation sites (tertiary alicyclic amines) is 2. The van der Waals surface area contributed by atoms with Gasteiger partial charge in [0.05, 0.1) is 5.92 Å². The molecule has 0 aromatic heterocycles. The van der Waals surface area contributed by atoms with Crippen LogP contribution in [0.15, 0.2) is 0 Å². The molecule has 0 aromatic carbocycles. The zero-order valence-electron chi connectivity index (χ0n) is 13.5. The molecule has 0 aliphatic carbocycles. The molecule has 120 valence electrons. The predicted octanol–water partition coefficient (Wildman–Crippen LogP) is 2.80. The molecule has 0 aromatic rings. The van der Waals surface area contributed by atoms with E-state index in [1.807, 2.05) is 16.7 Å². The lowest BCUT2D eigenvalue weighted by atomic mass is 9.82. The second-order valence-electron chi connectivity index (χ2n) is 6.76. The molecule has 2 aliphatic heterocycles. The summed E-state index contributed by atoms with van der Waals surface area (Å²) in [5.74, 6) is -1.03. The number of carbonyl (C=O) groups is 2. The maximum atomic E-state index is 12.7. The number of hydrogen-bond donors (Lipinski definition) is 1. The van der Waals surface area contributed by atoms with Crippen molar-refractivity contribution in [3.8, 4) is 0 Å². The van der Waals surface area contributed by atoms with Gasteiger partial charge in [0.25, 0.3) is 0 Å². The molecule has 2 rings (SSSR count). The first-order valence-electron chi connectivity index (χ1n) is 8.21. The first-order chi connectivity index (χ1) is 9.92. The maximum absolute atomic E-state index is 12.7. The van der Waals surface area contributed by atoms with E-state index in [9.17, 15) is 9.59 Å². The SMILES string of the molecule is CCC1(CC)CCN(C(=O)N2CCC(C(=O)O)CC2C)C1.